The molecule has 5 rings (SSSR count). The van der Waals surface area contributed by atoms with Gasteiger partial charge in [-0.3, -0.25) is 4.90 Å². The lowest BCUT2D eigenvalue weighted by molar-refractivity contribution is 0.302. The van der Waals surface area contributed by atoms with Gasteiger partial charge in [-0.1, -0.05) is 12.1 Å². The molecule has 25 heavy (non-hydrogen) atoms. The van der Waals surface area contributed by atoms with E-state index in [1.165, 1.54) is 0 Å². The Bertz CT molecular complexity index is 857. The van der Waals surface area contributed by atoms with Crippen molar-refractivity contribution in [3.63, 3.8) is 0 Å². The van der Waals surface area contributed by atoms with Crippen LogP contribution in [-0.2, 0) is 6.54 Å². The summed E-state index contributed by atoms with van der Waals surface area (Å²) in [6.07, 6.45) is 1.67. The number of aromatic amines is 1. The number of hydrogen-bond acceptors (Lipinski definition) is 5. The summed E-state index contributed by atoms with van der Waals surface area (Å²) in [6, 6.07) is 10.3. The third kappa shape index (κ3) is 2.76. The molecule has 2 unspecified atom stereocenters. The molecule has 2 aliphatic rings. The van der Waals surface area contributed by atoms with Crippen molar-refractivity contribution >= 4 is 16.9 Å². The Morgan fingerprint density at radius 3 is 2.64 bits per heavy atom. The maximum absolute atomic E-state index is 4.72. The van der Waals surface area contributed by atoms with Crippen LogP contribution in [0.4, 0.5) is 5.82 Å². The topological polar surface area (TPSA) is 60.9 Å². The number of fused-ring (bicyclic) bond motifs is 2. The normalized spacial score (nSPS) is 23.5. The molecule has 0 bridgehead atoms. The van der Waals surface area contributed by atoms with E-state index in [1.54, 1.807) is 6.33 Å². The number of aryl methyl sites for hydroxylation is 1. The van der Waals surface area contributed by atoms with E-state index >= 15 is 0 Å². The van der Waals surface area contributed by atoms with Crippen molar-refractivity contribution < 1.29 is 0 Å². The number of rotatable bonds is 3. The zero-order chi connectivity index (χ0) is 16.8. The van der Waals surface area contributed by atoms with Crippen molar-refractivity contribution in [1.29, 1.82) is 0 Å². The fourth-order valence-electron chi connectivity index (χ4n) is 4.31. The predicted octanol–water partition coefficient (Wildman–Crippen LogP) is 2.23. The second-order valence-electron chi connectivity index (χ2n) is 7.34. The Morgan fingerprint density at radius 1 is 1.08 bits per heavy atom. The zero-order valence-corrected chi connectivity index (χ0v) is 14.4. The highest BCUT2D eigenvalue weighted by Gasteiger charge is 2.40. The molecule has 2 aromatic heterocycles. The molecule has 0 saturated carbocycles. The first kappa shape index (κ1) is 14.8. The Hall–Kier alpha value is -2.47. The Morgan fingerprint density at radius 2 is 1.88 bits per heavy atom. The summed E-state index contributed by atoms with van der Waals surface area (Å²) in [5.74, 6) is 3.59. The van der Waals surface area contributed by atoms with Gasteiger partial charge in [-0.2, -0.15) is 0 Å². The van der Waals surface area contributed by atoms with E-state index in [0.717, 1.165) is 72.9 Å². The lowest BCUT2D eigenvalue weighted by Gasteiger charge is -2.21. The van der Waals surface area contributed by atoms with Crippen LogP contribution in [0.15, 0.2) is 36.7 Å². The predicted molar refractivity (Wildman–Crippen MR) is 97.3 cm³/mol. The number of imidazole rings is 1. The SMILES string of the molecule is Cc1cc(N2CC3CN(Cc4nc5ccccc5[nH]4)CC3C2)ncn1. The van der Waals surface area contributed by atoms with Crippen LogP contribution in [0, 0.1) is 18.8 Å². The number of aromatic nitrogens is 4. The summed E-state index contributed by atoms with van der Waals surface area (Å²) >= 11 is 0. The molecule has 0 aliphatic carbocycles. The molecular weight excluding hydrogens is 312 g/mol. The molecule has 2 atom stereocenters. The van der Waals surface area contributed by atoms with Crippen molar-refractivity contribution in [3.05, 3.63) is 48.2 Å². The molecule has 2 saturated heterocycles. The van der Waals surface area contributed by atoms with Crippen LogP contribution in [-0.4, -0.2) is 51.0 Å². The van der Waals surface area contributed by atoms with E-state index in [9.17, 15) is 0 Å². The number of nitrogens with one attached hydrogen (secondary N) is 1. The number of benzene rings is 1. The summed E-state index contributed by atoms with van der Waals surface area (Å²) < 4.78 is 0. The van der Waals surface area contributed by atoms with E-state index in [4.69, 9.17) is 4.98 Å². The number of para-hydroxylation sites is 2. The summed E-state index contributed by atoms with van der Waals surface area (Å²) in [4.78, 5) is 21.8. The van der Waals surface area contributed by atoms with E-state index < -0.39 is 0 Å². The monoisotopic (exact) mass is 334 g/mol. The van der Waals surface area contributed by atoms with Gasteiger partial charge in [-0.25, -0.2) is 15.0 Å². The first-order chi connectivity index (χ1) is 12.2. The van der Waals surface area contributed by atoms with Gasteiger partial charge >= 0.3 is 0 Å². The first-order valence-electron chi connectivity index (χ1n) is 8.94. The van der Waals surface area contributed by atoms with Gasteiger partial charge in [0.1, 0.15) is 18.0 Å². The lowest BCUT2D eigenvalue weighted by atomic mass is 10.0. The largest absolute Gasteiger partial charge is 0.356 e. The molecule has 2 aliphatic heterocycles. The van der Waals surface area contributed by atoms with Gasteiger partial charge in [0.15, 0.2) is 0 Å². The number of hydrogen-bond donors (Lipinski definition) is 1. The minimum Gasteiger partial charge on any atom is -0.356 e. The van der Waals surface area contributed by atoms with E-state index in [0.29, 0.717) is 0 Å². The van der Waals surface area contributed by atoms with Crippen LogP contribution >= 0.6 is 0 Å². The molecule has 0 spiro atoms. The quantitative estimate of drug-likeness (QED) is 0.796. The minimum absolute atomic E-state index is 0.722. The Kier molecular flexibility index (Phi) is 3.45. The Balaban J connectivity index is 1.25. The van der Waals surface area contributed by atoms with Gasteiger partial charge in [-0.05, 0) is 30.9 Å². The summed E-state index contributed by atoms with van der Waals surface area (Å²) in [5.41, 5.74) is 3.22. The molecule has 0 amide bonds. The molecular formula is C19H22N6. The molecule has 0 radical (unpaired) electrons. The molecule has 6 heteroatoms. The maximum Gasteiger partial charge on any atom is 0.132 e. The standard InChI is InChI=1S/C19H22N6/c1-13-6-19(21-12-20-13)25-9-14-7-24(8-15(14)10-25)11-18-22-16-4-2-3-5-17(16)23-18/h2-6,12,14-15H,7-11H2,1H3,(H,22,23). The third-order valence-corrected chi connectivity index (χ3v) is 5.49. The van der Waals surface area contributed by atoms with E-state index in [-0.39, 0.29) is 0 Å². The second-order valence-corrected chi connectivity index (χ2v) is 7.34. The van der Waals surface area contributed by atoms with Crippen molar-refractivity contribution in [2.45, 2.75) is 13.5 Å². The van der Waals surface area contributed by atoms with Crippen molar-refractivity contribution in [2.75, 3.05) is 31.1 Å². The van der Waals surface area contributed by atoms with Gasteiger partial charge in [0, 0.05) is 37.9 Å². The number of H-pyrrole nitrogens is 1. The average molecular weight is 334 g/mol. The van der Waals surface area contributed by atoms with Gasteiger partial charge in [0.05, 0.1) is 17.6 Å². The highest BCUT2D eigenvalue weighted by molar-refractivity contribution is 5.74. The van der Waals surface area contributed by atoms with Crippen molar-refractivity contribution in [3.8, 4) is 0 Å². The van der Waals surface area contributed by atoms with Crippen LogP contribution in [0.1, 0.15) is 11.5 Å². The molecule has 6 nitrogen and oxygen atoms in total. The number of anilines is 1. The molecule has 4 heterocycles. The van der Waals surface area contributed by atoms with Crippen LogP contribution < -0.4 is 4.90 Å². The summed E-state index contributed by atoms with van der Waals surface area (Å²) in [5, 5.41) is 0. The van der Waals surface area contributed by atoms with Crippen LogP contribution in [0.25, 0.3) is 11.0 Å². The van der Waals surface area contributed by atoms with E-state index in [2.05, 4.69) is 43.0 Å². The Labute approximate surface area is 146 Å². The van der Waals surface area contributed by atoms with Crippen molar-refractivity contribution in [1.82, 2.24) is 24.8 Å². The second kappa shape index (κ2) is 5.81. The number of nitrogens with zero attached hydrogens (tertiary/aromatic N) is 5. The van der Waals surface area contributed by atoms with Gasteiger partial charge in [-0.15, -0.1) is 0 Å². The van der Waals surface area contributed by atoms with Crippen LogP contribution in [0.2, 0.25) is 0 Å². The van der Waals surface area contributed by atoms with Gasteiger partial charge < -0.3 is 9.88 Å². The molecule has 2 fully saturated rings. The fourth-order valence-corrected chi connectivity index (χ4v) is 4.31. The van der Waals surface area contributed by atoms with Gasteiger partial charge in [0.25, 0.3) is 0 Å². The zero-order valence-electron chi connectivity index (χ0n) is 14.4. The van der Waals surface area contributed by atoms with Crippen LogP contribution in [0.5, 0.6) is 0 Å². The highest BCUT2D eigenvalue weighted by Crippen LogP contribution is 2.33. The average Bonchev–Trinajstić information content (AvgIpc) is 3.27. The van der Waals surface area contributed by atoms with Gasteiger partial charge in [0.2, 0.25) is 0 Å². The smallest absolute Gasteiger partial charge is 0.132 e. The highest BCUT2D eigenvalue weighted by atomic mass is 15.3. The van der Waals surface area contributed by atoms with Crippen molar-refractivity contribution in [2.24, 2.45) is 11.8 Å². The maximum atomic E-state index is 4.72. The minimum atomic E-state index is 0.722. The molecule has 1 N–H and O–H groups in total. The van der Waals surface area contributed by atoms with E-state index in [1.807, 2.05) is 19.1 Å². The number of likely N-dealkylation sites (tertiary alicyclic amines) is 1. The summed E-state index contributed by atoms with van der Waals surface area (Å²) in [6.45, 7) is 7.41. The third-order valence-electron chi connectivity index (χ3n) is 5.49. The molecule has 3 aromatic rings. The summed E-state index contributed by atoms with van der Waals surface area (Å²) in [7, 11) is 0. The first-order valence-corrected chi connectivity index (χ1v) is 8.94. The lowest BCUT2D eigenvalue weighted by Crippen LogP contribution is -2.29. The molecule has 128 valence electrons. The van der Waals surface area contributed by atoms with Crippen LogP contribution in [0.3, 0.4) is 0 Å². The fraction of sp³-hybridized carbons (Fsp3) is 0.421. The molecule has 1 aromatic carbocycles.